The van der Waals surface area contributed by atoms with E-state index in [1.807, 2.05) is 25.7 Å². The number of nitrogens with zero attached hydrogens (tertiary/aromatic N) is 1. The van der Waals surface area contributed by atoms with Crippen LogP contribution in [0.15, 0.2) is 0 Å². The smallest absolute Gasteiger partial charge is 0.410 e. The number of carbonyl (C=O) groups is 1. The summed E-state index contributed by atoms with van der Waals surface area (Å²) in [5.74, 6) is 0.462. The zero-order valence-corrected chi connectivity index (χ0v) is 11.2. The number of ether oxygens (including phenoxy) is 1. The monoisotopic (exact) mass is 240 g/mol. The zero-order chi connectivity index (χ0) is 12.7. The Labute approximate surface area is 103 Å². The fourth-order valence-corrected chi connectivity index (χ4v) is 2.75. The number of nitrogens with two attached hydrogens (primary N) is 1. The lowest BCUT2D eigenvalue weighted by Crippen LogP contribution is -2.48. The predicted octanol–water partition coefficient (Wildman–Crippen LogP) is 1.98. The summed E-state index contributed by atoms with van der Waals surface area (Å²) in [6, 6.07) is 0. The fourth-order valence-electron chi connectivity index (χ4n) is 2.75. The molecule has 2 fully saturated rings. The highest BCUT2D eigenvalue weighted by Crippen LogP contribution is 2.56. The van der Waals surface area contributed by atoms with Gasteiger partial charge in [0.2, 0.25) is 0 Å². The minimum Gasteiger partial charge on any atom is -0.444 e. The second-order valence-corrected chi connectivity index (χ2v) is 6.47. The van der Waals surface area contributed by atoms with E-state index in [2.05, 4.69) is 0 Å². The van der Waals surface area contributed by atoms with Crippen molar-refractivity contribution in [2.24, 2.45) is 17.1 Å². The Balaban J connectivity index is 1.93. The normalized spacial score (nSPS) is 27.1. The fraction of sp³-hybridized carbons (Fsp3) is 0.923. The molecule has 4 nitrogen and oxygen atoms in total. The molecule has 1 unspecified atom stereocenters. The predicted molar refractivity (Wildman–Crippen MR) is 66.6 cm³/mol. The van der Waals surface area contributed by atoms with Gasteiger partial charge >= 0.3 is 6.09 Å². The number of piperidine rings is 1. The highest BCUT2D eigenvalue weighted by molar-refractivity contribution is 5.68. The number of likely N-dealkylation sites (tertiary alicyclic amines) is 1. The third-order valence-electron chi connectivity index (χ3n) is 4.01. The summed E-state index contributed by atoms with van der Waals surface area (Å²) in [6.07, 6.45) is 3.48. The van der Waals surface area contributed by atoms with Crippen molar-refractivity contribution in [1.29, 1.82) is 0 Å². The molecule has 1 heterocycles. The van der Waals surface area contributed by atoms with E-state index in [-0.39, 0.29) is 6.09 Å². The maximum absolute atomic E-state index is 12.0. The summed E-state index contributed by atoms with van der Waals surface area (Å²) >= 11 is 0. The van der Waals surface area contributed by atoms with Gasteiger partial charge in [-0.25, -0.2) is 4.79 Å². The maximum Gasteiger partial charge on any atom is 0.410 e. The number of hydrogen-bond donors (Lipinski definition) is 1. The van der Waals surface area contributed by atoms with Crippen molar-refractivity contribution >= 4 is 6.09 Å². The molecule has 1 amide bonds. The molecule has 1 aliphatic carbocycles. The van der Waals surface area contributed by atoms with Crippen LogP contribution in [0.5, 0.6) is 0 Å². The molecule has 0 radical (unpaired) electrons. The standard InChI is InChI=1S/C13H24N2O2/c1-12(2,3)17-11(16)15-7-6-13(4-5-13)10(8-14)9-15/h10H,4-9,14H2,1-3H3. The topological polar surface area (TPSA) is 55.6 Å². The average Bonchev–Trinajstić information content (AvgIpc) is 2.96. The summed E-state index contributed by atoms with van der Waals surface area (Å²) < 4.78 is 5.40. The van der Waals surface area contributed by atoms with E-state index in [1.54, 1.807) is 0 Å². The van der Waals surface area contributed by atoms with Gasteiger partial charge in [0.25, 0.3) is 0 Å². The average molecular weight is 240 g/mol. The summed E-state index contributed by atoms with van der Waals surface area (Å²) in [4.78, 5) is 13.8. The minimum atomic E-state index is -0.413. The van der Waals surface area contributed by atoms with Gasteiger partial charge in [-0.2, -0.15) is 0 Å². The molecular formula is C13H24N2O2. The van der Waals surface area contributed by atoms with Crippen molar-refractivity contribution in [3.05, 3.63) is 0 Å². The zero-order valence-electron chi connectivity index (χ0n) is 11.2. The van der Waals surface area contributed by atoms with Gasteiger partial charge in [0.15, 0.2) is 0 Å². The summed E-state index contributed by atoms with van der Waals surface area (Å²) in [7, 11) is 0. The van der Waals surface area contributed by atoms with Crippen LogP contribution in [0.3, 0.4) is 0 Å². The summed E-state index contributed by atoms with van der Waals surface area (Å²) in [6.45, 7) is 7.98. The largest absolute Gasteiger partial charge is 0.444 e. The first-order valence-corrected chi connectivity index (χ1v) is 6.54. The van der Waals surface area contributed by atoms with Crippen molar-refractivity contribution in [3.8, 4) is 0 Å². The van der Waals surface area contributed by atoms with Gasteiger partial charge in [-0.1, -0.05) is 0 Å². The molecule has 0 aromatic rings. The Morgan fingerprint density at radius 1 is 1.41 bits per heavy atom. The minimum absolute atomic E-state index is 0.188. The van der Waals surface area contributed by atoms with Gasteiger partial charge in [-0.3, -0.25) is 0 Å². The molecule has 0 aromatic carbocycles. The second kappa shape index (κ2) is 4.16. The first kappa shape index (κ1) is 12.7. The van der Waals surface area contributed by atoms with Crippen LogP contribution in [0, 0.1) is 11.3 Å². The molecule has 0 bridgehead atoms. The van der Waals surface area contributed by atoms with Crippen LogP contribution in [-0.2, 0) is 4.74 Å². The lowest BCUT2D eigenvalue weighted by Gasteiger charge is -2.39. The third kappa shape index (κ3) is 2.73. The van der Waals surface area contributed by atoms with Crippen molar-refractivity contribution in [3.63, 3.8) is 0 Å². The van der Waals surface area contributed by atoms with Crippen LogP contribution >= 0.6 is 0 Å². The summed E-state index contributed by atoms with van der Waals surface area (Å²) in [5, 5.41) is 0. The van der Waals surface area contributed by atoms with Crippen molar-refractivity contribution in [1.82, 2.24) is 4.90 Å². The van der Waals surface area contributed by atoms with E-state index in [0.717, 1.165) is 19.5 Å². The van der Waals surface area contributed by atoms with E-state index in [9.17, 15) is 4.79 Å². The molecule has 2 N–H and O–H groups in total. The van der Waals surface area contributed by atoms with Crippen molar-refractivity contribution in [2.75, 3.05) is 19.6 Å². The molecule has 98 valence electrons. The quantitative estimate of drug-likeness (QED) is 0.762. The Kier molecular flexibility index (Phi) is 3.10. The number of carbonyl (C=O) groups excluding carboxylic acids is 1. The molecule has 1 saturated carbocycles. The van der Waals surface area contributed by atoms with E-state index >= 15 is 0 Å². The van der Waals surface area contributed by atoms with Crippen LogP contribution in [0.4, 0.5) is 4.79 Å². The van der Waals surface area contributed by atoms with Crippen LogP contribution in [0.1, 0.15) is 40.0 Å². The Morgan fingerprint density at radius 2 is 2.06 bits per heavy atom. The van der Waals surface area contributed by atoms with Gasteiger partial charge in [0, 0.05) is 13.1 Å². The van der Waals surface area contributed by atoms with Crippen molar-refractivity contribution < 1.29 is 9.53 Å². The molecule has 1 saturated heterocycles. The number of amides is 1. The second-order valence-electron chi connectivity index (χ2n) is 6.47. The van der Waals surface area contributed by atoms with E-state index in [0.29, 0.717) is 17.9 Å². The Bertz CT molecular complexity index is 305. The van der Waals surface area contributed by atoms with Crippen LogP contribution < -0.4 is 5.73 Å². The van der Waals surface area contributed by atoms with E-state index < -0.39 is 5.60 Å². The molecule has 2 rings (SSSR count). The maximum atomic E-state index is 12.0. The highest BCUT2D eigenvalue weighted by Gasteiger charge is 2.51. The molecule has 1 spiro atoms. The molecule has 0 aromatic heterocycles. The molecule has 17 heavy (non-hydrogen) atoms. The molecule has 4 heteroatoms. The van der Waals surface area contributed by atoms with Crippen LogP contribution in [0.25, 0.3) is 0 Å². The summed E-state index contributed by atoms with van der Waals surface area (Å²) in [5.41, 5.74) is 5.88. The first-order valence-electron chi connectivity index (χ1n) is 6.54. The van der Waals surface area contributed by atoms with E-state index in [4.69, 9.17) is 10.5 Å². The Morgan fingerprint density at radius 3 is 2.53 bits per heavy atom. The van der Waals surface area contributed by atoms with Gasteiger partial charge in [-0.05, 0) is 57.9 Å². The molecule has 1 aliphatic heterocycles. The molecular weight excluding hydrogens is 216 g/mol. The van der Waals surface area contributed by atoms with Gasteiger partial charge in [-0.15, -0.1) is 0 Å². The number of hydrogen-bond acceptors (Lipinski definition) is 3. The SMILES string of the molecule is CC(C)(C)OC(=O)N1CCC2(CC2)C(CN)C1. The highest BCUT2D eigenvalue weighted by atomic mass is 16.6. The first-order chi connectivity index (χ1) is 7.86. The van der Waals surface area contributed by atoms with Gasteiger partial charge in [0.1, 0.15) is 5.60 Å². The lowest BCUT2D eigenvalue weighted by atomic mass is 9.82. The molecule has 2 aliphatic rings. The molecule has 1 atom stereocenters. The van der Waals surface area contributed by atoms with Gasteiger partial charge in [0.05, 0.1) is 0 Å². The van der Waals surface area contributed by atoms with E-state index in [1.165, 1.54) is 12.8 Å². The number of rotatable bonds is 1. The Hall–Kier alpha value is -0.770. The van der Waals surface area contributed by atoms with Crippen LogP contribution in [0.2, 0.25) is 0 Å². The third-order valence-corrected chi connectivity index (χ3v) is 4.01. The van der Waals surface area contributed by atoms with Crippen LogP contribution in [-0.4, -0.2) is 36.2 Å². The van der Waals surface area contributed by atoms with Gasteiger partial charge < -0.3 is 15.4 Å². The van der Waals surface area contributed by atoms with Crippen molar-refractivity contribution in [2.45, 2.75) is 45.6 Å². The lowest BCUT2D eigenvalue weighted by molar-refractivity contribution is 0.00862.